The Morgan fingerprint density at radius 3 is 3.06 bits per heavy atom. The number of aromatic nitrogens is 1. The molecule has 2 heterocycles. The fourth-order valence-electron chi connectivity index (χ4n) is 2.35. The SMILES string of the molecule is Cc1c(CCl)ccc2c3c(c(=O)[nH]c12)CCO3. The molecule has 1 aromatic heterocycles. The van der Waals surface area contributed by atoms with Crippen LogP contribution in [0.1, 0.15) is 16.7 Å². The van der Waals surface area contributed by atoms with E-state index >= 15 is 0 Å². The molecule has 3 nitrogen and oxygen atoms in total. The van der Waals surface area contributed by atoms with Gasteiger partial charge in [-0.25, -0.2) is 0 Å². The Bertz CT molecular complexity index is 660. The zero-order valence-electron chi connectivity index (χ0n) is 9.47. The first kappa shape index (κ1) is 10.7. The molecule has 88 valence electrons. The maximum atomic E-state index is 11.9. The zero-order chi connectivity index (χ0) is 12.0. The third kappa shape index (κ3) is 1.46. The molecule has 0 atom stereocenters. The number of H-pyrrole nitrogens is 1. The Morgan fingerprint density at radius 2 is 2.29 bits per heavy atom. The summed E-state index contributed by atoms with van der Waals surface area (Å²) in [4.78, 5) is 14.8. The fourth-order valence-corrected chi connectivity index (χ4v) is 2.64. The molecule has 0 radical (unpaired) electrons. The summed E-state index contributed by atoms with van der Waals surface area (Å²) in [6, 6.07) is 3.96. The van der Waals surface area contributed by atoms with Gasteiger partial charge in [-0.05, 0) is 24.1 Å². The van der Waals surface area contributed by atoms with E-state index in [0.717, 1.165) is 33.3 Å². The Balaban J connectivity index is 2.45. The molecule has 17 heavy (non-hydrogen) atoms. The molecule has 0 saturated heterocycles. The standard InChI is InChI=1S/C13H12ClNO2/c1-7-8(6-14)2-3-9-11(7)15-13(16)10-4-5-17-12(9)10/h2-3H,4-6H2,1H3,(H,15,16). The van der Waals surface area contributed by atoms with E-state index in [1.807, 2.05) is 19.1 Å². The predicted octanol–water partition coefficient (Wildman–Crippen LogP) is 2.51. The zero-order valence-corrected chi connectivity index (χ0v) is 10.2. The van der Waals surface area contributed by atoms with E-state index in [-0.39, 0.29) is 5.56 Å². The predicted molar refractivity (Wildman–Crippen MR) is 68.1 cm³/mol. The number of hydrogen-bond donors (Lipinski definition) is 1. The van der Waals surface area contributed by atoms with Crippen LogP contribution in [0, 0.1) is 6.92 Å². The summed E-state index contributed by atoms with van der Waals surface area (Å²) in [5.41, 5.74) is 3.62. The fraction of sp³-hybridized carbons (Fsp3) is 0.308. The maximum Gasteiger partial charge on any atom is 0.255 e. The minimum absolute atomic E-state index is 0.0418. The van der Waals surface area contributed by atoms with Crippen molar-refractivity contribution in [3.05, 3.63) is 39.2 Å². The van der Waals surface area contributed by atoms with Gasteiger partial charge in [0.15, 0.2) is 0 Å². The molecule has 0 saturated carbocycles. The van der Waals surface area contributed by atoms with Gasteiger partial charge in [0.1, 0.15) is 5.75 Å². The average Bonchev–Trinajstić information content (AvgIpc) is 2.81. The first-order valence-corrected chi connectivity index (χ1v) is 6.12. The lowest BCUT2D eigenvalue weighted by molar-refractivity contribution is 0.360. The third-order valence-corrected chi connectivity index (χ3v) is 3.64. The highest BCUT2D eigenvalue weighted by Gasteiger charge is 2.20. The molecule has 0 amide bonds. The highest BCUT2D eigenvalue weighted by Crippen LogP contribution is 2.32. The Hall–Kier alpha value is -1.48. The smallest absolute Gasteiger partial charge is 0.255 e. The molecule has 1 N–H and O–H groups in total. The molecular formula is C13H12ClNO2. The van der Waals surface area contributed by atoms with Crippen LogP contribution in [0.2, 0.25) is 0 Å². The van der Waals surface area contributed by atoms with Crippen LogP contribution < -0.4 is 10.3 Å². The molecule has 0 fully saturated rings. The largest absolute Gasteiger partial charge is 0.492 e. The van der Waals surface area contributed by atoms with Gasteiger partial charge in [0.05, 0.1) is 17.7 Å². The van der Waals surface area contributed by atoms with E-state index in [2.05, 4.69) is 4.98 Å². The number of fused-ring (bicyclic) bond motifs is 3. The summed E-state index contributed by atoms with van der Waals surface area (Å²) in [5, 5.41) is 0.975. The van der Waals surface area contributed by atoms with Gasteiger partial charge in [-0.15, -0.1) is 11.6 Å². The topological polar surface area (TPSA) is 42.1 Å². The molecule has 4 heteroatoms. The van der Waals surface area contributed by atoms with Crippen molar-refractivity contribution in [3.8, 4) is 5.75 Å². The maximum absolute atomic E-state index is 11.9. The number of aryl methyl sites for hydroxylation is 1. The number of rotatable bonds is 1. The van der Waals surface area contributed by atoms with Gasteiger partial charge in [0, 0.05) is 17.7 Å². The Morgan fingerprint density at radius 1 is 1.47 bits per heavy atom. The van der Waals surface area contributed by atoms with Crippen molar-refractivity contribution in [1.82, 2.24) is 4.98 Å². The summed E-state index contributed by atoms with van der Waals surface area (Å²) in [7, 11) is 0. The van der Waals surface area contributed by atoms with Gasteiger partial charge in [-0.2, -0.15) is 0 Å². The molecule has 0 unspecified atom stereocenters. The molecule has 0 aliphatic carbocycles. The van der Waals surface area contributed by atoms with Crippen LogP contribution in [0.25, 0.3) is 10.9 Å². The second-order valence-electron chi connectivity index (χ2n) is 4.27. The van der Waals surface area contributed by atoms with E-state index in [9.17, 15) is 4.79 Å². The van der Waals surface area contributed by atoms with E-state index in [0.29, 0.717) is 18.9 Å². The Kier molecular flexibility index (Phi) is 2.37. The van der Waals surface area contributed by atoms with Crippen LogP contribution in [-0.2, 0) is 12.3 Å². The lowest BCUT2D eigenvalue weighted by Gasteiger charge is -2.09. The molecule has 1 aromatic carbocycles. The summed E-state index contributed by atoms with van der Waals surface area (Å²) in [6.45, 7) is 2.56. The minimum Gasteiger partial charge on any atom is -0.492 e. The van der Waals surface area contributed by atoms with Gasteiger partial charge < -0.3 is 9.72 Å². The monoisotopic (exact) mass is 249 g/mol. The van der Waals surface area contributed by atoms with Crippen LogP contribution in [0.3, 0.4) is 0 Å². The van der Waals surface area contributed by atoms with E-state index in [4.69, 9.17) is 16.3 Å². The number of alkyl halides is 1. The summed E-state index contributed by atoms with van der Waals surface area (Å²) in [6.07, 6.45) is 0.691. The molecule has 1 aliphatic heterocycles. The van der Waals surface area contributed by atoms with Crippen molar-refractivity contribution in [2.24, 2.45) is 0 Å². The van der Waals surface area contributed by atoms with E-state index in [1.54, 1.807) is 0 Å². The van der Waals surface area contributed by atoms with Gasteiger partial charge in [-0.3, -0.25) is 4.79 Å². The van der Waals surface area contributed by atoms with Gasteiger partial charge >= 0.3 is 0 Å². The van der Waals surface area contributed by atoms with E-state index < -0.39 is 0 Å². The van der Waals surface area contributed by atoms with Crippen molar-refractivity contribution in [2.45, 2.75) is 19.2 Å². The number of aromatic amines is 1. The van der Waals surface area contributed by atoms with Crippen molar-refractivity contribution >= 4 is 22.5 Å². The summed E-state index contributed by atoms with van der Waals surface area (Å²) in [5.74, 6) is 1.19. The summed E-state index contributed by atoms with van der Waals surface area (Å²) < 4.78 is 5.57. The van der Waals surface area contributed by atoms with Gasteiger partial charge in [0.25, 0.3) is 5.56 Å². The highest BCUT2D eigenvalue weighted by atomic mass is 35.5. The van der Waals surface area contributed by atoms with E-state index in [1.165, 1.54) is 0 Å². The van der Waals surface area contributed by atoms with Crippen LogP contribution in [0.5, 0.6) is 5.75 Å². The quantitative estimate of drug-likeness (QED) is 0.789. The second kappa shape index (κ2) is 3.77. The number of pyridine rings is 1. The third-order valence-electron chi connectivity index (χ3n) is 3.35. The molecule has 0 bridgehead atoms. The average molecular weight is 250 g/mol. The summed E-state index contributed by atoms with van der Waals surface area (Å²) >= 11 is 5.87. The molecular weight excluding hydrogens is 238 g/mol. The van der Waals surface area contributed by atoms with Gasteiger partial charge in [0.2, 0.25) is 0 Å². The normalized spacial score (nSPS) is 13.8. The number of ether oxygens (including phenoxy) is 1. The second-order valence-corrected chi connectivity index (χ2v) is 4.53. The number of benzene rings is 1. The number of hydrogen-bond acceptors (Lipinski definition) is 2. The number of nitrogens with one attached hydrogen (secondary N) is 1. The lowest BCUT2D eigenvalue weighted by atomic mass is 10.0. The molecule has 2 aromatic rings. The van der Waals surface area contributed by atoms with Crippen molar-refractivity contribution < 1.29 is 4.74 Å². The van der Waals surface area contributed by atoms with Crippen molar-refractivity contribution in [1.29, 1.82) is 0 Å². The van der Waals surface area contributed by atoms with Crippen LogP contribution in [0.15, 0.2) is 16.9 Å². The van der Waals surface area contributed by atoms with Crippen molar-refractivity contribution in [3.63, 3.8) is 0 Å². The molecule has 0 spiro atoms. The lowest BCUT2D eigenvalue weighted by Crippen LogP contribution is -2.11. The van der Waals surface area contributed by atoms with Crippen molar-refractivity contribution in [2.75, 3.05) is 6.61 Å². The first-order chi connectivity index (χ1) is 8.22. The van der Waals surface area contributed by atoms with Crippen LogP contribution in [-0.4, -0.2) is 11.6 Å². The first-order valence-electron chi connectivity index (χ1n) is 5.58. The molecule has 1 aliphatic rings. The van der Waals surface area contributed by atoms with Crippen LogP contribution in [0.4, 0.5) is 0 Å². The number of halogens is 1. The van der Waals surface area contributed by atoms with Crippen LogP contribution >= 0.6 is 11.6 Å². The molecule has 3 rings (SSSR count). The minimum atomic E-state index is -0.0418. The Labute approximate surface area is 103 Å². The van der Waals surface area contributed by atoms with Gasteiger partial charge in [-0.1, -0.05) is 6.07 Å². The highest BCUT2D eigenvalue weighted by molar-refractivity contribution is 6.17.